The van der Waals surface area contributed by atoms with Crippen LogP contribution in [0.1, 0.15) is 11.3 Å². The zero-order valence-electron chi connectivity index (χ0n) is 10.3. The van der Waals surface area contributed by atoms with Crippen molar-refractivity contribution in [1.29, 1.82) is 0 Å². The Bertz CT molecular complexity index is 685. The molecule has 1 heterocycles. The van der Waals surface area contributed by atoms with Crippen molar-refractivity contribution in [1.82, 2.24) is 4.98 Å². The van der Waals surface area contributed by atoms with Crippen LogP contribution < -0.4 is 0 Å². The highest BCUT2D eigenvalue weighted by atomic mass is 32.2. The fourth-order valence-corrected chi connectivity index (χ4v) is 2.74. The fourth-order valence-electron chi connectivity index (χ4n) is 1.51. The Morgan fingerprint density at radius 1 is 1.00 bits per heavy atom. The first-order valence-electron chi connectivity index (χ1n) is 5.46. The van der Waals surface area contributed by atoms with Crippen LogP contribution in [0.15, 0.2) is 40.3 Å². The maximum Gasteiger partial charge on any atom is 0.208 e. The summed E-state index contributed by atoms with van der Waals surface area (Å²) < 4.78 is 51.2. The average Bonchev–Trinajstić information content (AvgIpc) is 2.35. The Hall–Kier alpha value is -1.82. The van der Waals surface area contributed by atoms with Gasteiger partial charge in [0.2, 0.25) is 9.84 Å². The summed E-state index contributed by atoms with van der Waals surface area (Å²) in [5, 5.41) is 0. The van der Waals surface area contributed by atoms with Gasteiger partial charge in [0.25, 0.3) is 0 Å². The number of sulfone groups is 1. The number of benzene rings is 1. The van der Waals surface area contributed by atoms with E-state index in [9.17, 15) is 17.2 Å². The molecule has 0 amide bonds. The van der Waals surface area contributed by atoms with Gasteiger partial charge >= 0.3 is 0 Å². The van der Waals surface area contributed by atoms with Crippen molar-refractivity contribution in [3.63, 3.8) is 0 Å². The van der Waals surface area contributed by atoms with Crippen molar-refractivity contribution in [3.8, 4) is 0 Å². The van der Waals surface area contributed by atoms with Gasteiger partial charge in [-0.25, -0.2) is 17.2 Å². The molecule has 0 saturated heterocycles. The summed E-state index contributed by atoms with van der Waals surface area (Å²) in [5.41, 5.74) is 0.446. The van der Waals surface area contributed by atoms with E-state index in [1.807, 2.05) is 0 Å². The zero-order chi connectivity index (χ0) is 14.2. The van der Waals surface area contributed by atoms with Crippen LogP contribution in [0.2, 0.25) is 0 Å². The number of aryl methyl sites for hydroxylation is 2. The first-order chi connectivity index (χ1) is 8.82. The third kappa shape index (κ3) is 2.49. The number of rotatable bonds is 2. The predicted octanol–water partition coefficient (Wildman–Crippen LogP) is 2.81. The van der Waals surface area contributed by atoms with Crippen molar-refractivity contribution in [3.05, 3.63) is 53.4 Å². The highest BCUT2D eigenvalue weighted by Crippen LogP contribution is 2.23. The summed E-state index contributed by atoms with van der Waals surface area (Å²) >= 11 is 0. The molecule has 0 fully saturated rings. The first-order valence-corrected chi connectivity index (χ1v) is 6.94. The van der Waals surface area contributed by atoms with Gasteiger partial charge in [-0.1, -0.05) is 6.07 Å². The molecule has 0 bridgehead atoms. The number of hydrogen-bond acceptors (Lipinski definition) is 3. The van der Waals surface area contributed by atoms with E-state index in [1.165, 1.54) is 26.0 Å². The van der Waals surface area contributed by atoms with E-state index in [0.29, 0.717) is 5.56 Å². The second-order valence-electron chi connectivity index (χ2n) is 4.15. The first kappa shape index (κ1) is 13.6. The van der Waals surface area contributed by atoms with Gasteiger partial charge in [-0.15, -0.1) is 0 Å². The van der Waals surface area contributed by atoms with E-state index in [2.05, 4.69) is 4.98 Å². The van der Waals surface area contributed by atoms with Crippen LogP contribution in [-0.2, 0) is 9.84 Å². The molecule has 0 N–H and O–H groups in total. The molecule has 3 nitrogen and oxygen atoms in total. The molecular formula is C13H11F2NO2S. The Kier molecular flexibility index (Phi) is 3.36. The molecule has 0 atom stereocenters. The van der Waals surface area contributed by atoms with Crippen LogP contribution in [0, 0.1) is 25.5 Å². The molecule has 0 unspecified atom stereocenters. The normalized spacial score (nSPS) is 11.6. The fraction of sp³-hybridized carbons (Fsp3) is 0.154. The Morgan fingerprint density at radius 2 is 1.63 bits per heavy atom. The molecule has 2 rings (SSSR count). The molecule has 0 aliphatic rings. The third-order valence-electron chi connectivity index (χ3n) is 2.76. The van der Waals surface area contributed by atoms with Gasteiger partial charge in [-0.3, -0.25) is 4.98 Å². The predicted molar refractivity (Wildman–Crippen MR) is 65.5 cm³/mol. The Morgan fingerprint density at radius 3 is 2.21 bits per heavy atom. The minimum Gasteiger partial charge on any atom is -0.257 e. The maximum atomic E-state index is 13.4. The van der Waals surface area contributed by atoms with Crippen molar-refractivity contribution < 1.29 is 17.2 Å². The second-order valence-corrected chi connectivity index (χ2v) is 6.10. The van der Waals surface area contributed by atoms with Crippen LogP contribution in [0.4, 0.5) is 8.78 Å². The number of pyridine rings is 1. The number of halogens is 2. The van der Waals surface area contributed by atoms with Crippen molar-refractivity contribution in [2.45, 2.75) is 23.6 Å². The molecule has 1 aromatic carbocycles. The lowest BCUT2D eigenvalue weighted by atomic mass is 10.2. The number of nitrogens with zero attached hydrogens (tertiary/aromatic N) is 1. The van der Waals surface area contributed by atoms with Gasteiger partial charge in [0, 0.05) is 6.20 Å². The maximum absolute atomic E-state index is 13.4. The standard InChI is InChI=1S/C13H11F2NO2S/c1-8-3-4-10(5-12(8)14)19(17,18)11-6-13(15)9(2)16-7-11/h3-7H,1-2H3. The highest BCUT2D eigenvalue weighted by Gasteiger charge is 2.20. The monoisotopic (exact) mass is 283 g/mol. The summed E-state index contributed by atoms with van der Waals surface area (Å²) in [4.78, 5) is 3.15. The molecule has 2 aromatic rings. The molecule has 0 aliphatic heterocycles. The van der Waals surface area contributed by atoms with E-state index in [0.717, 1.165) is 18.3 Å². The zero-order valence-corrected chi connectivity index (χ0v) is 11.1. The molecule has 100 valence electrons. The Labute approximate surface area is 109 Å². The van der Waals surface area contributed by atoms with Gasteiger partial charge in [-0.2, -0.15) is 0 Å². The minimum absolute atomic E-state index is 0.106. The lowest BCUT2D eigenvalue weighted by molar-refractivity contribution is 0.581. The summed E-state index contributed by atoms with van der Waals surface area (Å²) in [6.45, 7) is 2.95. The van der Waals surface area contributed by atoms with Crippen LogP contribution in [0.3, 0.4) is 0 Å². The van der Waals surface area contributed by atoms with E-state index < -0.39 is 21.5 Å². The largest absolute Gasteiger partial charge is 0.257 e. The molecular weight excluding hydrogens is 272 g/mol. The molecule has 0 saturated carbocycles. The van der Waals surface area contributed by atoms with Gasteiger partial charge in [0.05, 0.1) is 15.5 Å². The molecule has 0 aliphatic carbocycles. The Balaban J connectivity index is 2.58. The molecule has 1 aromatic heterocycles. The van der Waals surface area contributed by atoms with Gasteiger partial charge in [-0.05, 0) is 37.6 Å². The van der Waals surface area contributed by atoms with Crippen LogP contribution in [-0.4, -0.2) is 13.4 Å². The van der Waals surface area contributed by atoms with E-state index >= 15 is 0 Å². The van der Waals surface area contributed by atoms with E-state index in [1.54, 1.807) is 0 Å². The smallest absolute Gasteiger partial charge is 0.208 e. The summed E-state index contributed by atoms with van der Waals surface area (Å²) in [6.07, 6.45) is 1.06. The molecule has 0 spiro atoms. The average molecular weight is 283 g/mol. The number of hydrogen-bond donors (Lipinski definition) is 0. The quantitative estimate of drug-likeness (QED) is 0.851. The topological polar surface area (TPSA) is 47.0 Å². The van der Waals surface area contributed by atoms with E-state index in [-0.39, 0.29) is 15.5 Å². The van der Waals surface area contributed by atoms with Crippen molar-refractivity contribution in [2.75, 3.05) is 0 Å². The summed E-state index contributed by atoms with van der Waals surface area (Å²) in [6, 6.07) is 4.45. The van der Waals surface area contributed by atoms with Crippen LogP contribution in [0.5, 0.6) is 0 Å². The summed E-state index contributed by atoms with van der Waals surface area (Å²) in [7, 11) is -3.96. The molecule has 6 heteroatoms. The summed E-state index contributed by atoms with van der Waals surface area (Å²) in [5.74, 6) is -1.34. The van der Waals surface area contributed by atoms with Gasteiger partial charge in [0.1, 0.15) is 11.6 Å². The highest BCUT2D eigenvalue weighted by molar-refractivity contribution is 7.91. The second kappa shape index (κ2) is 4.70. The SMILES string of the molecule is Cc1ccc(S(=O)(=O)c2cnc(C)c(F)c2)cc1F. The third-order valence-corrected chi connectivity index (χ3v) is 4.48. The van der Waals surface area contributed by atoms with Crippen molar-refractivity contribution >= 4 is 9.84 Å². The number of aromatic nitrogens is 1. The van der Waals surface area contributed by atoms with Crippen LogP contribution >= 0.6 is 0 Å². The molecule has 19 heavy (non-hydrogen) atoms. The van der Waals surface area contributed by atoms with Gasteiger partial charge in [0.15, 0.2) is 0 Å². The molecule has 0 radical (unpaired) electrons. The van der Waals surface area contributed by atoms with Crippen molar-refractivity contribution in [2.24, 2.45) is 0 Å². The minimum atomic E-state index is -3.96. The lowest BCUT2D eigenvalue weighted by Gasteiger charge is -2.06. The van der Waals surface area contributed by atoms with Gasteiger partial charge < -0.3 is 0 Å². The lowest BCUT2D eigenvalue weighted by Crippen LogP contribution is -2.05. The van der Waals surface area contributed by atoms with Crippen LogP contribution in [0.25, 0.3) is 0 Å². The van der Waals surface area contributed by atoms with E-state index in [4.69, 9.17) is 0 Å².